The van der Waals surface area contributed by atoms with E-state index in [9.17, 15) is 4.79 Å². The van der Waals surface area contributed by atoms with Gasteiger partial charge in [0.15, 0.2) is 4.34 Å². The molecule has 1 amide bonds. The van der Waals surface area contributed by atoms with Crippen molar-refractivity contribution in [2.75, 3.05) is 0 Å². The number of thiazole rings is 1. The topological polar surface area (TPSA) is 72.2 Å². The van der Waals surface area contributed by atoms with Gasteiger partial charge in [0.25, 0.3) is 5.91 Å². The summed E-state index contributed by atoms with van der Waals surface area (Å²) in [4.78, 5) is 18.4. The van der Waals surface area contributed by atoms with Crippen LogP contribution in [0.15, 0.2) is 112 Å². The van der Waals surface area contributed by atoms with Gasteiger partial charge in [-0.15, -0.1) is 22.7 Å². The molecule has 38 heavy (non-hydrogen) atoms. The summed E-state index contributed by atoms with van der Waals surface area (Å²) < 4.78 is 4.06. The van der Waals surface area contributed by atoms with Crippen LogP contribution in [0.2, 0.25) is 0 Å². The molecule has 0 atom stereocenters. The Labute approximate surface area is 231 Å². The van der Waals surface area contributed by atoms with E-state index in [4.69, 9.17) is 5.10 Å². The molecule has 0 spiro atoms. The number of hydrogen-bond donors (Lipinski definition) is 1. The van der Waals surface area contributed by atoms with E-state index in [0.29, 0.717) is 5.56 Å². The minimum Gasteiger partial charge on any atom is -0.267 e. The SMILES string of the molecule is O=C(NN=Cc1cn(-c2ccccc2)nc1-c1cccs1)c1ccc(CSc2nc3ccccc3s2)cc1. The molecule has 0 aliphatic carbocycles. The lowest BCUT2D eigenvalue weighted by atomic mass is 10.1. The number of thiophene rings is 1. The van der Waals surface area contributed by atoms with Crippen molar-refractivity contribution in [3.05, 3.63) is 119 Å². The summed E-state index contributed by atoms with van der Waals surface area (Å²) in [5, 5.41) is 11.0. The molecule has 0 fully saturated rings. The summed E-state index contributed by atoms with van der Waals surface area (Å²) in [6, 6.07) is 29.7. The molecular formula is C29H21N5OS3. The van der Waals surface area contributed by atoms with E-state index < -0.39 is 0 Å². The maximum absolute atomic E-state index is 12.7. The second-order valence-corrected chi connectivity index (χ2v) is 11.5. The van der Waals surface area contributed by atoms with E-state index in [2.05, 4.69) is 21.6 Å². The Kier molecular flexibility index (Phi) is 7.12. The number of benzene rings is 3. The third kappa shape index (κ3) is 5.45. The third-order valence-electron chi connectivity index (χ3n) is 5.74. The Morgan fingerprint density at radius 1 is 0.974 bits per heavy atom. The smallest absolute Gasteiger partial charge is 0.267 e. The number of thioether (sulfide) groups is 1. The molecule has 0 saturated heterocycles. The van der Waals surface area contributed by atoms with Crippen LogP contribution in [0.5, 0.6) is 0 Å². The van der Waals surface area contributed by atoms with E-state index in [0.717, 1.165) is 43.0 Å². The normalized spacial score (nSPS) is 11.4. The number of fused-ring (bicyclic) bond motifs is 1. The van der Waals surface area contributed by atoms with Crippen molar-refractivity contribution in [2.45, 2.75) is 10.1 Å². The molecule has 6 nitrogen and oxygen atoms in total. The van der Waals surface area contributed by atoms with Gasteiger partial charge in [-0.3, -0.25) is 4.79 Å². The number of carbonyl (C=O) groups excluding carboxylic acids is 1. The molecule has 3 aromatic heterocycles. The Morgan fingerprint density at radius 2 is 1.79 bits per heavy atom. The zero-order valence-electron chi connectivity index (χ0n) is 20.0. The molecule has 0 bridgehead atoms. The lowest BCUT2D eigenvalue weighted by Crippen LogP contribution is -2.17. The van der Waals surface area contributed by atoms with Gasteiger partial charge in [0.05, 0.1) is 27.0 Å². The van der Waals surface area contributed by atoms with Crippen LogP contribution >= 0.6 is 34.4 Å². The number of para-hydroxylation sites is 2. The molecule has 3 aromatic carbocycles. The molecule has 6 rings (SSSR count). The Bertz CT molecular complexity index is 1670. The van der Waals surface area contributed by atoms with Gasteiger partial charge in [0, 0.05) is 23.1 Å². The van der Waals surface area contributed by atoms with E-state index in [1.807, 2.05) is 101 Å². The molecule has 0 unspecified atom stereocenters. The van der Waals surface area contributed by atoms with Crippen LogP contribution in [-0.4, -0.2) is 26.9 Å². The Hall–Kier alpha value is -4.05. The van der Waals surface area contributed by atoms with Crippen molar-refractivity contribution in [3.8, 4) is 16.3 Å². The molecule has 6 aromatic rings. The molecule has 1 N–H and O–H groups in total. The van der Waals surface area contributed by atoms with Crippen LogP contribution in [0.4, 0.5) is 0 Å². The van der Waals surface area contributed by atoms with Crippen molar-refractivity contribution in [2.24, 2.45) is 5.10 Å². The highest BCUT2D eigenvalue weighted by molar-refractivity contribution is 8.00. The van der Waals surface area contributed by atoms with Gasteiger partial charge in [-0.2, -0.15) is 10.2 Å². The fourth-order valence-electron chi connectivity index (χ4n) is 3.83. The number of carbonyl (C=O) groups is 1. The van der Waals surface area contributed by atoms with Crippen LogP contribution in [0, 0.1) is 0 Å². The predicted octanol–water partition coefficient (Wildman–Crippen LogP) is 7.27. The average Bonchev–Trinajstić information content (AvgIpc) is 3.72. The maximum atomic E-state index is 12.7. The van der Waals surface area contributed by atoms with Gasteiger partial charge >= 0.3 is 0 Å². The zero-order valence-corrected chi connectivity index (χ0v) is 22.5. The average molecular weight is 552 g/mol. The van der Waals surface area contributed by atoms with Crippen LogP contribution in [0.25, 0.3) is 26.5 Å². The highest BCUT2D eigenvalue weighted by Gasteiger charge is 2.12. The quantitative estimate of drug-likeness (QED) is 0.123. The van der Waals surface area contributed by atoms with Crippen molar-refractivity contribution < 1.29 is 4.79 Å². The first-order chi connectivity index (χ1) is 18.7. The molecule has 0 saturated carbocycles. The summed E-state index contributed by atoms with van der Waals surface area (Å²) in [6.45, 7) is 0. The largest absolute Gasteiger partial charge is 0.271 e. The maximum Gasteiger partial charge on any atom is 0.271 e. The number of nitrogens with zero attached hydrogens (tertiary/aromatic N) is 4. The summed E-state index contributed by atoms with van der Waals surface area (Å²) in [5.74, 6) is 0.524. The van der Waals surface area contributed by atoms with Gasteiger partial charge in [-0.25, -0.2) is 15.1 Å². The van der Waals surface area contributed by atoms with Gasteiger partial charge in [-0.1, -0.05) is 60.3 Å². The minimum absolute atomic E-state index is 0.264. The first-order valence-electron chi connectivity index (χ1n) is 11.8. The summed E-state index contributed by atoms with van der Waals surface area (Å²) in [6.07, 6.45) is 3.56. The van der Waals surface area contributed by atoms with Gasteiger partial charge < -0.3 is 0 Å². The van der Waals surface area contributed by atoms with Crippen molar-refractivity contribution in [1.29, 1.82) is 0 Å². The predicted molar refractivity (Wildman–Crippen MR) is 158 cm³/mol. The van der Waals surface area contributed by atoms with Crippen molar-refractivity contribution >= 4 is 56.8 Å². The van der Waals surface area contributed by atoms with Gasteiger partial charge in [0.1, 0.15) is 5.69 Å². The number of aromatic nitrogens is 3. The second kappa shape index (κ2) is 11.1. The van der Waals surface area contributed by atoms with E-state index >= 15 is 0 Å². The first-order valence-corrected chi connectivity index (χ1v) is 14.5. The van der Waals surface area contributed by atoms with Crippen LogP contribution in [0.1, 0.15) is 21.5 Å². The fraction of sp³-hybridized carbons (Fsp3) is 0.0345. The van der Waals surface area contributed by atoms with Crippen LogP contribution in [0.3, 0.4) is 0 Å². The number of rotatable bonds is 8. The lowest BCUT2D eigenvalue weighted by molar-refractivity contribution is 0.0955. The van der Waals surface area contributed by atoms with Gasteiger partial charge in [0.2, 0.25) is 0 Å². The van der Waals surface area contributed by atoms with E-state index in [1.54, 1.807) is 40.7 Å². The molecular weight excluding hydrogens is 531 g/mol. The minimum atomic E-state index is -0.264. The standard InChI is InChI=1S/C29H21N5OS3/c35-28(21-14-12-20(13-15-21)19-37-29-31-24-9-4-5-10-25(24)38-29)32-30-17-22-18-34(23-7-2-1-3-8-23)33-27(22)26-11-6-16-36-26/h1-18H,19H2,(H,32,35). The molecule has 186 valence electrons. The monoisotopic (exact) mass is 551 g/mol. The lowest BCUT2D eigenvalue weighted by Gasteiger charge is -2.02. The summed E-state index contributed by atoms with van der Waals surface area (Å²) in [5.41, 5.74) is 7.94. The highest BCUT2D eigenvalue weighted by Crippen LogP contribution is 2.31. The van der Waals surface area contributed by atoms with Crippen molar-refractivity contribution in [1.82, 2.24) is 20.2 Å². The van der Waals surface area contributed by atoms with Gasteiger partial charge in [-0.05, 0) is 53.4 Å². The van der Waals surface area contributed by atoms with Crippen LogP contribution < -0.4 is 5.43 Å². The van der Waals surface area contributed by atoms with Crippen molar-refractivity contribution in [3.63, 3.8) is 0 Å². The first kappa shape index (κ1) is 24.3. The number of hydrogen-bond acceptors (Lipinski definition) is 7. The van der Waals surface area contributed by atoms with E-state index in [-0.39, 0.29) is 5.91 Å². The third-order valence-corrected chi connectivity index (χ3v) is 8.87. The fourth-order valence-corrected chi connectivity index (χ4v) is 6.59. The zero-order chi connectivity index (χ0) is 25.7. The van der Waals surface area contributed by atoms with E-state index in [1.165, 1.54) is 4.70 Å². The number of hydrazone groups is 1. The highest BCUT2D eigenvalue weighted by atomic mass is 32.2. The molecule has 9 heteroatoms. The molecule has 0 aliphatic heterocycles. The number of amides is 1. The Morgan fingerprint density at radius 3 is 2.58 bits per heavy atom. The number of nitrogens with one attached hydrogen (secondary N) is 1. The Balaban J connectivity index is 1.11. The van der Waals surface area contributed by atoms with Crippen LogP contribution in [-0.2, 0) is 5.75 Å². The second-order valence-electron chi connectivity index (χ2n) is 8.32. The molecule has 3 heterocycles. The summed E-state index contributed by atoms with van der Waals surface area (Å²) in [7, 11) is 0. The summed E-state index contributed by atoms with van der Waals surface area (Å²) >= 11 is 5.01. The molecule has 0 aliphatic rings. The molecule has 0 radical (unpaired) electrons.